The van der Waals surface area contributed by atoms with Crippen LogP contribution < -0.4 is 14.8 Å². The number of hydrogen-bond donors (Lipinski definition) is 2. The zero-order chi connectivity index (χ0) is 14.1. The summed E-state index contributed by atoms with van der Waals surface area (Å²) < 4.78 is 10.4. The Labute approximate surface area is 115 Å². The van der Waals surface area contributed by atoms with Gasteiger partial charge in [-0.05, 0) is 31.2 Å². The van der Waals surface area contributed by atoms with E-state index in [0.717, 1.165) is 24.3 Å². The molecular formula is C15H25NO3. The van der Waals surface area contributed by atoms with E-state index >= 15 is 0 Å². The van der Waals surface area contributed by atoms with Gasteiger partial charge in [-0.15, -0.1) is 0 Å². The molecule has 1 unspecified atom stereocenters. The Balaban J connectivity index is 2.56. The lowest BCUT2D eigenvalue weighted by Gasteiger charge is -2.16. The third-order valence-corrected chi connectivity index (χ3v) is 3.09. The topological polar surface area (TPSA) is 50.7 Å². The van der Waals surface area contributed by atoms with E-state index in [0.29, 0.717) is 12.3 Å². The summed E-state index contributed by atoms with van der Waals surface area (Å²) in [6.45, 7) is 3.63. The van der Waals surface area contributed by atoms with E-state index in [1.807, 2.05) is 18.2 Å². The van der Waals surface area contributed by atoms with Gasteiger partial charge in [0.1, 0.15) is 11.5 Å². The highest BCUT2D eigenvalue weighted by molar-refractivity contribution is 5.41. The van der Waals surface area contributed by atoms with Gasteiger partial charge in [-0.25, -0.2) is 0 Å². The number of ether oxygens (including phenoxy) is 2. The summed E-state index contributed by atoms with van der Waals surface area (Å²) in [6, 6.07) is 5.45. The van der Waals surface area contributed by atoms with Crippen LogP contribution in [0.1, 0.15) is 37.9 Å². The van der Waals surface area contributed by atoms with Crippen LogP contribution in [0.5, 0.6) is 11.5 Å². The van der Waals surface area contributed by atoms with E-state index in [-0.39, 0.29) is 0 Å². The molecule has 19 heavy (non-hydrogen) atoms. The van der Waals surface area contributed by atoms with Gasteiger partial charge < -0.3 is 19.9 Å². The van der Waals surface area contributed by atoms with Crippen molar-refractivity contribution in [2.45, 2.75) is 32.3 Å². The molecule has 0 amide bonds. The van der Waals surface area contributed by atoms with E-state index in [1.54, 1.807) is 14.2 Å². The monoisotopic (exact) mass is 267 g/mol. The molecule has 1 rings (SSSR count). The molecule has 108 valence electrons. The molecular weight excluding hydrogens is 242 g/mol. The normalized spacial score (nSPS) is 12.2. The molecule has 0 fully saturated rings. The van der Waals surface area contributed by atoms with Crippen LogP contribution in [0.25, 0.3) is 0 Å². The Bertz CT molecular complexity index is 368. The fourth-order valence-corrected chi connectivity index (χ4v) is 1.95. The smallest absolute Gasteiger partial charge is 0.124 e. The number of hydrogen-bond acceptors (Lipinski definition) is 4. The molecule has 0 aliphatic heterocycles. The van der Waals surface area contributed by atoms with Crippen LogP contribution in [0.3, 0.4) is 0 Å². The Morgan fingerprint density at radius 2 is 2.00 bits per heavy atom. The Morgan fingerprint density at radius 1 is 1.21 bits per heavy atom. The zero-order valence-electron chi connectivity index (χ0n) is 12.1. The van der Waals surface area contributed by atoms with E-state index in [1.165, 1.54) is 12.8 Å². The number of aliphatic hydroxyl groups is 1. The lowest BCUT2D eigenvalue weighted by Crippen LogP contribution is -2.22. The van der Waals surface area contributed by atoms with Crippen molar-refractivity contribution in [1.29, 1.82) is 0 Å². The number of nitrogens with one attached hydrogen (secondary N) is 1. The molecule has 0 spiro atoms. The molecule has 0 aliphatic rings. The standard InChI is InChI=1S/C15H25NO3/c1-4-5-6-9-16-11-14(17)13-10-12(18-2)7-8-15(13)19-3/h7-8,10,14,16-17H,4-6,9,11H2,1-3H3. The first-order chi connectivity index (χ1) is 9.22. The molecule has 1 aromatic carbocycles. The van der Waals surface area contributed by atoms with Crippen molar-refractivity contribution >= 4 is 0 Å². The van der Waals surface area contributed by atoms with Gasteiger partial charge in [0.25, 0.3) is 0 Å². The largest absolute Gasteiger partial charge is 0.497 e. The molecule has 2 N–H and O–H groups in total. The molecule has 0 bridgehead atoms. The number of unbranched alkanes of at least 4 members (excludes halogenated alkanes) is 2. The first-order valence-electron chi connectivity index (χ1n) is 6.83. The quantitative estimate of drug-likeness (QED) is 0.675. The minimum absolute atomic E-state index is 0.521. The Hall–Kier alpha value is -1.26. The van der Waals surface area contributed by atoms with E-state index in [9.17, 15) is 5.11 Å². The van der Waals surface area contributed by atoms with Crippen molar-refractivity contribution in [3.05, 3.63) is 23.8 Å². The number of methoxy groups -OCH3 is 2. The lowest BCUT2D eigenvalue weighted by molar-refractivity contribution is 0.170. The van der Waals surface area contributed by atoms with Crippen LogP contribution in [0, 0.1) is 0 Å². The minimum Gasteiger partial charge on any atom is -0.497 e. The third kappa shape index (κ3) is 5.09. The molecule has 4 nitrogen and oxygen atoms in total. The van der Waals surface area contributed by atoms with Crippen LogP contribution in [0.2, 0.25) is 0 Å². The van der Waals surface area contributed by atoms with Crippen molar-refractivity contribution in [2.75, 3.05) is 27.3 Å². The van der Waals surface area contributed by atoms with Gasteiger partial charge in [0.2, 0.25) is 0 Å². The summed E-state index contributed by atoms with van der Waals surface area (Å²) in [5.74, 6) is 1.41. The first kappa shape index (κ1) is 15.8. The Kier molecular flexibility index (Phi) is 7.30. The van der Waals surface area contributed by atoms with Crippen molar-refractivity contribution in [1.82, 2.24) is 5.32 Å². The Morgan fingerprint density at radius 3 is 2.63 bits per heavy atom. The maximum absolute atomic E-state index is 10.2. The molecule has 0 radical (unpaired) electrons. The van der Waals surface area contributed by atoms with E-state index in [2.05, 4.69) is 12.2 Å². The predicted octanol–water partition coefficient (Wildman–Crippen LogP) is 2.52. The maximum atomic E-state index is 10.2. The van der Waals surface area contributed by atoms with Crippen LogP contribution in [0.4, 0.5) is 0 Å². The van der Waals surface area contributed by atoms with Crippen molar-refractivity contribution < 1.29 is 14.6 Å². The van der Waals surface area contributed by atoms with E-state index < -0.39 is 6.10 Å². The highest BCUT2D eigenvalue weighted by Crippen LogP contribution is 2.28. The average molecular weight is 267 g/mol. The maximum Gasteiger partial charge on any atom is 0.124 e. The van der Waals surface area contributed by atoms with Crippen LogP contribution >= 0.6 is 0 Å². The summed E-state index contributed by atoms with van der Waals surface area (Å²) in [6.07, 6.45) is 2.96. The first-order valence-corrected chi connectivity index (χ1v) is 6.83. The van der Waals surface area contributed by atoms with Crippen molar-refractivity contribution in [3.63, 3.8) is 0 Å². The molecule has 4 heteroatoms. The summed E-state index contributed by atoms with van der Waals surface area (Å²) in [7, 11) is 3.22. The highest BCUT2D eigenvalue weighted by Gasteiger charge is 2.14. The van der Waals surface area contributed by atoms with Crippen molar-refractivity contribution in [3.8, 4) is 11.5 Å². The van der Waals surface area contributed by atoms with Gasteiger partial charge in [0.05, 0.1) is 20.3 Å². The summed E-state index contributed by atoms with van der Waals surface area (Å²) in [5, 5.41) is 13.5. The second-order valence-electron chi connectivity index (χ2n) is 4.53. The molecule has 0 aliphatic carbocycles. The number of rotatable bonds is 9. The van der Waals surface area contributed by atoms with Crippen LogP contribution in [0.15, 0.2) is 18.2 Å². The molecule has 0 heterocycles. The SMILES string of the molecule is CCCCCNCC(O)c1cc(OC)ccc1OC. The minimum atomic E-state index is -0.591. The third-order valence-electron chi connectivity index (χ3n) is 3.09. The van der Waals surface area contributed by atoms with Crippen molar-refractivity contribution in [2.24, 2.45) is 0 Å². The molecule has 0 saturated carbocycles. The number of aliphatic hydroxyl groups excluding tert-OH is 1. The molecule has 0 saturated heterocycles. The van der Waals surface area contributed by atoms with Crippen LogP contribution in [-0.4, -0.2) is 32.4 Å². The predicted molar refractivity (Wildman–Crippen MR) is 76.9 cm³/mol. The van der Waals surface area contributed by atoms with Gasteiger partial charge in [0.15, 0.2) is 0 Å². The number of benzene rings is 1. The second-order valence-corrected chi connectivity index (χ2v) is 4.53. The fraction of sp³-hybridized carbons (Fsp3) is 0.600. The lowest BCUT2D eigenvalue weighted by atomic mass is 10.1. The average Bonchev–Trinajstić information content (AvgIpc) is 2.46. The fourth-order valence-electron chi connectivity index (χ4n) is 1.95. The molecule has 1 atom stereocenters. The highest BCUT2D eigenvalue weighted by atomic mass is 16.5. The van der Waals surface area contributed by atoms with Gasteiger partial charge in [-0.3, -0.25) is 0 Å². The molecule has 1 aromatic rings. The summed E-state index contributed by atoms with van der Waals surface area (Å²) in [4.78, 5) is 0. The van der Waals surface area contributed by atoms with Gasteiger partial charge >= 0.3 is 0 Å². The van der Waals surface area contributed by atoms with Crippen LogP contribution in [-0.2, 0) is 0 Å². The van der Waals surface area contributed by atoms with Gasteiger partial charge in [-0.2, -0.15) is 0 Å². The zero-order valence-corrected chi connectivity index (χ0v) is 12.1. The van der Waals surface area contributed by atoms with Gasteiger partial charge in [-0.1, -0.05) is 19.8 Å². The second kappa shape index (κ2) is 8.77. The van der Waals surface area contributed by atoms with Gasteiger partial charge in [0, 0.05) is 12.1 Å². The van der Waals surface area contributed by atoms with E-state index in [4.69, 9.17) is 9.47 Å². The molecule has 0 aromatic heterocycles. The summed E-state index contributed by atoms with van der Waals surface area (Å²) >= 11 is 0. The summed E-state index contributed by atoms with van der Waals surface area (Å²) in [5.41, 5.74) is 0.754.